The fourth-order valence-corrected chi connectivity index (χ4v) is 4.48. The van der Waals surface area contributed by atoms with Gasteiger partial charge in [0.1, 0.15) is 12.4 Å². The highest BCUT2D eigenvalue weighted by Gasteiger charge is 2.28. The van der Waals surface area contributed by atoms with Gasteiger partial charge < -0.3 is 24.4 Å². The van der Waals surface area contributed by atoms with E-state index >= 15 is 0 Å². The van der Waals surface area contributed by atoms with E-state index in [1.165, 1.54) is 16.5 Å². The Balaban J connectivity index is 1.35. The molecular formula is C29H30ClN3O5. The van der Waals surface area contributed by atoms with Crippen LogP contribution in [0.1, 0.15) is 29.2 Å². The van der Waals surface area contributed by atoms with Crippen molar-refractivity contribution in [1.82, 2.24) is 14.8 Å². The van der Waals surface area contributed by atoms with Crippen LogP contribution in [0.25, 0.3) is 6.08 Å². The average Bonchev–Trinajstić information content (AvgIpc) is 2.89. The second-order valence-corrected chi connectivity index (χ2v) is 9.71. The molecule has 2 aromatic carbocycles. The van der Waals surface area contributed by atoms with E-state index in [-0.39, 0.29) is 11.9 Å². The van der Waals surface area contributed by atoms with Gasteiger partial charge in [-0.05, 0) is 61.7 Å². The number of benzene rings is 2. The minimum Gasteiger partial charge on any atom is -0.487 e. The lowest BCUT2D eigenvalue weighted by Gasteiger charge is -2.37. The number of piperazine rings is 1. The summed E-state index contributed by atoms with van der Waals surface area (Å²) >= 11 is 6.51. The predicted octanol–water partition coefficient (Wildman–Crippen LogP) is 5.95. The highest BCUT2D eigenvalue weighted by molar-refractivity contribution is 6.32. The fraction of sp³-hybridized carbons (Fsp3) is 0.276. The van der Waals surface area contributed by atoms with Gasteiger partial charge in [0.15, 0.2) is 5.75 Å². The summed E-state index contributed by atoms with van der Waals surface area (Å²) in [7, 11) is 0. The van der Waals surface area contributed by atoms with E-state index in [9.17, 15) is 14.7 Å². The number of carbonyl (C=O) groups is 2. The summed E-state index contributed by atoms with van der Waals surface area (Å²) in [5, 5.41) is 9.60. The topological polar surface area (TPSA) is 92.2 Å². The molecule has 1 fully saturated rings. The van der Waals surface area contributed by atoms with Crippen LogP contribution in [0.5, 0.6) is 17.4 Å². The van der Waals surface area contributed by atoms with Gasteiger partial charge in [-0.1, -0.05) is 41.4 Å². The van der Waals surface area contributed by atoms with Crippen molar-refractivity contribution >= 4 is 29.7 Å². The summed E-state index contributed by atoms with van der Waals surface area (Å²) in [4.78, 5) is 31.2. The van der Waals surface area contributed by atoms with Gasteiger partial charge in [-0.2, -0.15) is 0 Å². The third kappa shape index (κ3) is 6.83. The zero-order chi connectivity index (χ0) is 27.2. The van der Waals surface area contributed by atoms with Crippen molar-refractivity contribution in [3.63, 3.8) is 0 Å². The van der Waals surface area contributed by atoms with Crippen LogP contribution in [0.3, 0.4) is 0 Å². The Hall–Kier alpha value is -4.04. The van der Waals surface area contributed by atoms with E-state index in [0.717, 1.165) is 16.7 Å². The van der Waals surface area contributed by atoms with Crippen LogP contribution in [0.4, 0.5) is 4.79 Å². The van der Waals surface area contributed by atoms with E-state index < -0.39 is 6.09 Å². The van der Waals surface area contributed by atoms with E-state index in [4.69, 9.17) is 21.1 Å². The molecule has 0 saturated carbocycles. The van der Waals surface area contributed by atoms with Crippen molar-refractivity contribution in [3.8, 4) is 17.4 Å². The van der Waals surface area contributed by atoms with Crippen molar-refractivity contribution in [2.75, 3.05) is 19.6 Å². The summed E-state index contributed by atoms with van der Waals surface area (Å²) in [6.07, 6.45) is 3.81. The molecule has 3 aromatic rings. The lowest BCUT2D eigenvalue weighted by atomic mass is 10.1. The van der Waals surface area contributed by atoms with E-state index in [2.05, 4.69) is 4.98 Å². The number of halogens is 1. The number of nitrogens with zero attached hydrogens (tertiary/aromatic N) is 3. The molecule has 1 aliphatic heterocycles. The molecule has 8 nitrogen and oxygen atoms in total. The number of hydrogen-bond donors (Lipinski definition) is 1. The average molecular weight is 536 g/mol. The molecular weight excluding hydrogens is 506 g/mol. The number of rotatable bonds is 7. The minimum absolute atomic E-state index is 0.176. The first-order valence-electron chi connectivity index (χ1n) is 12.3. The quantitative estimate of drug-likeness (QED) is 0.376. The van der Waals surface area contributed by atoms with Crippen molar-refractivity contribution in [3.05, 3.63) is 88.1 Å². The molecule has 4 rings (SSSR count). The molecule has 1 aromatic heterocycles. The summed E-state index contributed by atoms with van der Waals surface area (Å²) in [6, 6.07) is 15.0. The van der Waals surface area contributed by atoms with Crippen LogP contribution in [-0.2, 0) is 11.4 Å². The third-order valence-corrected chi connectivity index (χ3v) is 6.58. The number of ether oxygens (including phenoxy) is 2. The molecule has 0 radical (unpaired) electrons. The van der Waals surface area contributed by atoms with Crippen LogP contribution < -0.4 is 9.47 Å². The Morgan fingerprint density at radius 1 is 1.13 bits per heavy atom. The second kappa shape index (κ2) is 12.0. The molecule has 1 aliphatic rings. The summed E-state index contributed by atoms with van der Waals surface area (Å²) in [5.41, 5.74) is 3.81. The molecule has 2 amide bonds. The molecule has 2 heterocycles. The molecule has 198 valence electrons. The van der Waals surface area contributed by atoms with E-state index in [1.807, 2.05) is 44.2 Å². The van der Waals surface area contributed by atoms with Crippen molar-refractivity contribution in [1.29, 1.82) is 0 Å². The predicted molar refractivity (Wildman–Crippen MR) is 146 cm³/mol. The van der Waals surface area contributed by atoms with E-state index in [0.29, 0.717) is 48.6 Å². The number of pyridine rings is 1. The highest BCUT2D eigenvalue weighted by Crippen LogP contribution is 2.34. The number of aromatic nitrogens is 1. The Labute approximate surface area is 227 Å². The summed E-state index contributed by atoms with van der Waals surface area (Å²) in [5.74, 6) is 1.31. The van der Waals surface area contributed by atoms with Crippen LogP contribution in [0.2, 0.25) is 5.02 Å². The Kier molecular flexibility index (Phi) is 8.53. The van der Waals surface area contributed by atoms with Crippen LogP contribution in [-0.4, -0.2) is 57.6 Å². The second-order valence-electron chi connectivity index (χ2n) is 9.30. The Bertz CT molecular complexity index is 1300. The van der Waals surface area contributed by atoms with Crippen LogP contribution in [0.15, 0.2) is 60.8 Å². The van der Waals surface area contributed by atoms with Crippen molar-refractivity contribution < 1.29 is 24.2 Å². The molecule has 0 bridgehead atoms. The van der Waals surface area contributed by atoms with Crippen molar-refractivity contribution in [2.45, 2.75) is 33.4 Å². The molecule has 1 atom stereocenters. The molecule has 0 aliphatic carbocycles. The van der Waals surface area contributed by atoms with Gasteiger partial charge in [-0.3, -0.25) is 4.79 Å². The molecule has 38 heavy (non-hydrogen) atoms. The van der Waals surface area contributed by atoms with Crippen LogP contribution in [0, 0.1) is 13.8 Å². The maximum Gasteiger partial charge on any atom is 0.407 e. The number of aryl methyl sites for hydroxylation is 2. The van der Waals surface area contributed by atoms with Gasteiger partial charge in [0.2, 0.25) is 11.8 Å². The minimum atomic E-state index is -0.967. The zero-order valence-corrected chi connectivity index (χ0v) is 22.3. The first-order valence-corrected chi connectivity index (χ1v) is 12.7. The maximum atomic E-state index is 12.6. The van der Waals surface area contributed by atoms with Gasteiger partial charge in [-0.15, -0.1) is 0 Å². The number of carboxylic acid groups (broad SMARTS) is 1. The first kappa shape index (κ1) is 27.0. The number of amides is 2. The standard InChI is InChI=1S/C29H30ClN3O5/c1-19-4-6-22(7-5-19)18-37-24-9-10-26(31-16-24)38-28-20(2)14-23(15-25(28)30)8-11-27(34)32-12-13-33(29(35)36)21(3)17-32/h4-11,14-16,21H,12-13,17-18H2,1-3H3,(H,35,36)/t21-/m0/s1. The lowest BCUT2D eigenvalue weighted by Crippen LogP contribution is -2.54. The van der Waals surface area contributed by atoms with Gasteiger partial charge in [0.25, 0.3) is 0 Å². The molecule has 1 N–H and O–H groups in total. The van der Waals surface area contributed by atoms with Crippen molar-refractivity contribution in [2.24, 2.45) is 0 Å². The molecule has 9 heteroatoms. The number of carbonyl (C=O) groups excluding carboxylic acids is 1. The molecule has 0 unspecified atom stereocenters. The first-order chi connectivity index (χ1) is 18.2. The van der Waals surface area contributed by atoms with Gasteiger partial charge >= 0.3 is 6.09 Å². The largest absolute Gasteiger partial charge is 0.487 e. The van der Waals surface area contributed by atoms with E-state index in [1.54, 1.807) is 42.3 Å². The maximum absolute atomic E-state index is 12.6. The van der Waals surface area contributed by atoms with Gasteiger partial charge in [0, 0.05) is 37.8 Å². The SMILES string of the molecule is Cc1ccc(COc2ccc(Oc3c(C)cc(C=CC(=O)N4CCN(C(=O)O)[C@@H](C)C4)cc3Cl)nc2)cc1. The summed E-state index contributed by atoms with van der Waals surface area (Å²) < 4.78 is 11.7. The highest BCUT2D eigenvalue weighted by atomic mass is 35.5. The molecule has 1 saturated heterocycles. The fourth-order valence-electron chi connectivity index (χ4n) is 4.17. The summed E-state index contributed by atoms with van der Waals surface area (Å²) in [6.45, 7) is 7.15. The Morgan fingerprint density at radius 2 is 1.89 bits per heavy atom. The van der Waals surface area contributed by atoms with Gasteiger partial charge in [0.05, 0.1) is 11.2 Å². The monoisotopic (exact) mass is 535 g/mol. The van der Waals surface area contributed by atoms with Gasteiger partial charge in [-0.25, -0.2) is 9.78 Å². The Morgan fingerprint density at radius 3 is 2.53 bits per heavy atom. The lowest BCUT2D eigenvalue weighted by molar-refractivity contribution is -0.128. The van der Waals surface area contributed by atoms with Crippen LogP contribution >= 0.6 is 11.6 Å². The molecule has 0 spiro atoms. The normalized spacial score (nSPS) is 15.5. The third-order valence-electron chi connectivity index (χ3n) is 6.30. The number of hydrogen-bond acceptors (Lipinski definition) is 5. The zero-order valence-electron chi connectivity index (χ0n) is 21.6. The smallest absolute Gasteiger partial charge is 0.407 e.